The summed E-state index contributed by atoms with van der Waals surface area (Å²) in [6.07, 6.45) is 8.30. The number of nitrogens with one attached hydrogen (secondary N) is 1. The van der Waals surface area contributed by atoms with Crippen LogP contribution in [-0.4, -0.2) is 38.7 Å². The van der Waals surface area contributed by atoms with Gasteiger partial charge in [0.05, 0.1) is 23.4 Å². The molecule has 0 spiro atoms. The summed E-state index contributed by atoms with van der Waals surface area (Å²) in [6.45, 7) is 3.01. The summed E-state index contributed by atoms with van der Waals surface area (Å²) >= 11 is 1.65. The molecule has 1 saturated carbocycles. The van der Waals surface area contributed by atoms with Crippen LogP contribution in [0.1, 0.15) is 50.3 Å². The zero-order valence-electron chi connectivity index (χ0n) is 14.4. The Hall–Kier alpha value is -1.73. The number of hydrogen-bond donors (Lipinski definition) is 1. The molecule has 0 aromatic carbocycles. The van der Waals surface area contributed by atoms with Gasteiger partial charge in [0.1, 0.15) is 5.82 Å². The maximum atomic E-state index is 12.4. The second-order valence-corrected chi connectivity index (χ2v) is 7.84. The zero-order valence-corrected chi connectivity index (χ0v) is 15.2. The van der Waals surface area contributed by atoms with Crippen molar-refractivity contribution in [2.45, 2.75) is 51.1 Å². The summed E-state index contributed by atoms with van der Waals surface area (Å²) in [5, 5.41) is 9.73. The summed E-state index contributed by atoms with van der Waals surface area (Å²) < 4.78 is 2.02. The molecule has 2 aliphatic rings. The summed E-state index contributed by atoms with van der Waals surface area (Å²) in [7, 11) is 0. The molecule has 1 amide bonds. The summed E-state index contributed by atoms with van der Waals surface area (Å²) in [6, 6.07) is 2.29. The second-order valence-electron chi connectivity index (χ2n) is 7.12. The number of hydrogen-bond acceptors (Lipinski definition) is 5. The third kappa shape index (κ3) is 3.93. The van der Waals surface area contributed by atoms with Crippen LogP contribution in [0.15, 0.2) is 23.2 Å². The van der Waals surface area contributed by atoms with Crippen molar-refractivity contribution in [2.24, 2.45) is 5.92 Å². The van der Waals surface area contributed by atoms with Crippen molar-refractivity contribution < 1.29 is 4.79 Å². The molecule has 3 heterocycles. The van der Waals surface area contributed by atoms with E-state index in [0.717, 1.165) is 56.8 Å². The molecule has 4 rings (SSSR count). The van der Waals surface area contributed by atoms with Gasteiger partial charge in [-0.25, -0.2) is 9.67 Å². The highest BCUT2D eigenvalue weighted by molar-refractivity contribution is 7.07. The Morgan fingerprint density at radius 2 is 2.04 bits per heavy atom. The van der Waals surface area contributed by atoms with E-state index in [0.29, 0.717) is 6.04 Å². The first-order valence-corrected chi connectivity index (χ1v) is 10.2. The summed E-state index contributed by atoms with van der Waals surface area (Å²) in [5.74, 6) is 1.21. The summed E-state index contributed by atoms with van der Waals surface area (Å²) in [5.41, 5.74) is 3.05. The van der Waals surface area contributed by atoms with Crippen LogP contribution in [0.2, 0.25) is 0 Å². The predicted molar refractivity (Wildman–Crippen MR) is 98.5 cm³/mol. The lowest BCUT2D eigenvalue weighted by Gasteiger charge is -2.32. The van der Waals surface area contributed by atoms with Crippen molar-refractivity contribution in [3.63, 3.8) is 0 Å². The van der Waals surface area contributed by atoms with Gasteiger partial charge in [-0.3, -0.25) is 9.69 Å². The van der Waals surface area contributed by atoms with Gasteiger partial charge in [0.15, 0.2) is 0 Å². The van der Waals surface area contributed by atoms with Crippen LogP contribution in [0.3, 0.4) is 0 Å². The Morgan fingerprint density at radius 3 is 2.76 bits per heavy atom. The number of carbonyl (C=O) groups excluding carboxylic acids is 1. The number of carbonyl (C=O) groups is 1. The van der Waals surface area contributed by atoms with Gasteiger partial charge in [-0.05, 0) is 25.7 Å². The van der Waals surface area contributed by atoms with E-state index in [1.54, 1.807) is 17.5 Å². The monoisotopic (exact) mass is 359 g/mol. The van der Waals surface area contributed by atoms with Gasteiger partial charge in [0.25, 0.3) is 0 Å². The molecule has 0 unspecified atom stereocenters. The van der Waals surface area contributed by atoms with E-state index in [-0.39, 0.29) is 11.8 Å². The summed E-state index contributed by atoms with van der Waals surface area (Å²) in [4.78, 5) is 19.2. The van der Waals surface area contributed by atoms with E-state index in [9.17, 15) is 4.79 Å². The highest BCUT2D eigenvalue weighted by Gasteiger charge is 2.26. The second kappa shape index (κ2) is 7.66. The van der Waals surface area contributed by atoms with Crippen LogP contribution < -0.4 is 5.32 Å². The zero-order chi connectivity index (χ0) is 17.1. The highest BCUT2D eigenvalue weighted by atomic mass is 32.1. The largest absolute Gasteiger partial charge is 0.311 e. The molecular formula is C18H25N5OS. The Morgan fingerprint density at radius 1 is 1.24 bits per heavy atom. The lowest BCUT2D eigenvalue weighted by molar-refractivity contribution is -0.119. The fourth-order valence-electron chi connectivity index (χ4n) is 3.99. The molecule has 7 heteroatoms. The minimum absolute atomic E-state index is 0.167. The topological polar surface area (TPSA) is 63.1 Å². The SMILES string of the molecule is O=C(Nc1ccnn1C1CCN(Cc2cscn2)CC1)C1CCCC1. The number of nitrogens with zero attached hydrogens (tertiary/aromatic N) is 4. The maximum Gasteiger partial charge on any atom is 0.228 e. The standard InChI is InChI=1S/C18H25N5OS/c24-18(14-3-1-2-4-14)21-17-5-8-20-23(17)16-6-9-22(10-7-16)11-15-12-25-13-19-15/h5,8,12-14,16H,1-4,6-7,9-11H2,(H,21,24). The Balaban J connectivity index is 1.34. The number of aromatic nitrogens is 3. The average molecular weight is 359 g/mol. The normalized spacial score (nSPS) is 20.2. The van der Waals surface area contributed by atoms with Crippen molar-refractivity contribution in [2.75, 3.05) is 18.4 Å². The van der Waals surface area contributed by atoms with Crippen LogP contribution in [-0.2, 0) is 11.3 Å². The van der Waals surface area contributed by atoms with Crippen LogP contribution in [0.25, 0.3) is 0 Å². The highest BCUT2D eigenvalue weighted by Crippen LogP contribution is 2.29. The van der Waals surface area contributed by atoms with E-state index >= 15 is 0 Å². The van der Waals surface area contributed by atoms with E-state index in [1.807, 2.05) is 16.3 Å². The van der Waals surface area contributed by atoms with Crippen molar-refractivity contribution in [3.05, 3.63) is 28.8 Å². The molecular weight excluding hydrogens is 334 g/mol. The average Bonchev–Trinajstić information content (AvgIpc) is 3.38. The van der Waals surface area contributed by atoms with Gasteiger partial charge in [-0.15, -0.1) is 11.3 Å². The van der Waals surface area contributed by atoms with E-state index in [1.165, 1.54) is 12.8 Å². The lowest BCUT2D eigenvalue weighted by Crippen LogP contribution is -2.35. The van der Waals surface area contributed by atoms with Crippen LogP contribution in [0.5, 0.6) is 0 Å². The fraction of sp³-hybridized carbons (Fsp3) is 0.611. The van der Waals surface area contributed by atoms with Crippen molar-refractivity contribution in [1.82, 2.24) is 19.7 Å². The minimum atomic E-state index is 0.167. The molecule has 2 aromatic rings. The van der Waals surface area contributed by atoms with E-state index in [2.05, 4.69) is 25.7 Å². The molecule has 0 radical (unpaired) electrons. The van der Waals surface area contributed by atoms with Gasteiger partial charge in [-0.1, -0.05) is 12.8 Å². The van der Waals surface area contributed by atoms with Gasteiger partial charge in [0, 0.05) is 37.0 Å². The third-order valence-corrected chi connectivity index (χ3v) is 6.05. The van der Waals surface area contributed by atoms with Crippen molar-refractivity contribution in [1.29, 1.82) is 0 Å². The fourth-order valence-corrected chi connectivity index (χ4v) is 4.54. The number of rotatable bonds is 5. The lowest BCUT2D eigenvalue weighted by atomic mass is 10.0. The number of thiazole rings is 1. The molecule has 1 aliphatic carbocycles. The van der Waals surface area contributed by atoms with E-state index in [4.69, 9.17) is 0 Å². The smallest absolute Gasteiger partial charge is 0.228 e. The van der Waals surface area contributed by atoms with E-state index < -0.39 is 0 Å². The van der Waals surface area contributed by atoms with Gasteiger partial charge in [0.2, 0.25) is 5.91 Å². The number of piperidine rings is 1. The Bertz CT molecular complexity index is 684. The third-order valence-electron chi connectivity index (χ3n) is 5.42. The molecule has 25 heavy (non-hydrogen) atoms. The molecule has 1 aliphatic heterocycles. The number of amides is 1. The first kappa shape index (κ1) is 16.7. The number of likely N-dealkylation sites (tertiary alicyclic amines) is 1. The molecule has 6 nitrogen and oxygen atoms in total. The Kier molecular flexibility index (Phi) is 5.12. The molecule has 0 atom stereocenters. The van der Waals surface area contributed by atoms with Crippen molar-refractivity contribution in [3.8, 4) is 0 Å². The van der Waals surface area contributed by atoms with Crippen molar-refractivity contribution >= 4 is 23.1 Å². The quantitative estimate of drug-likeness (QED) is 0.890. The molecule has 1 N–H and O–H groups in total. The van der Waals surface area contributed by atoms with Crippen LogP contribution in [0.4, 0.5) is 5.82 Å². The van der Waals surface area contributed by atoms with Gasteiger partial charge < -0.3 is 5.32 Å². The van der Waals surface area contributed by atoms with Gasteiger partial charge >= 0.3 is 0 Å². The minimum Gasteiger partial charge on any atom is -0.311 e. The first-order valence-electron chi connectivity index (χ1n) is 9.23. The number of anilines is 1. The maximum absolute atomic E-state index is 12.4. The predicted octanol–water partition coefficient (Wildman–Crippen LogP) is 3.31. The molecule has 1 saturated heterocycles. The first-order chi connectivity index (χ1) is 12.3. The molecule has 2 fully saturated rings. The molecule has 134 valence electrons. The van der Waals surface area contributed by atoms with Crippen LogP contribution >= 0.6 is 11.3 Å². The molecule has 2 aromatic heterocycles. The van der Waals surface area contributed by atoms with Crippen LogP contribution in [0, 0.1) is 5.92 Å². The molecule has 0 bridgehead atoms. The Labute approximate surface area is 152 Å². The van der Waals surface area contributed by atoms with Gasteiger partial charge in [-0.2, -0.15) is 5.10 Å².